The van der Waals surface area contributed by atoms with Crippen LogP contribution < -0.4 is 20.5 Å². The molecule has 1 heterocycles. The number of aromatic nitrogens is 3. The highest BCUT2D eigenvalue weighted by atomic mass is 16.5. The zero-order valence-corrected chi connectivity index (χ0v) is 16.0. The molecule has 9 nitrogen and oxygen atoms in total. The molecule has 3 N–H and O–H groups in total. The van der Waals surface area contributed by atoms with E-state index >= 15 is 0 Å². The standard InChI is InChI=1S/C20H21N5O4/c1-13(14-3-6-16(7-4-14)25-12-22-11-23-25)24-20(27)15-5-8-17(18(9-15)28-2)29-10-19(21)26/h3-9,11-13H,10H2,1-2H3,(H2,21,26)(H,24,27). The number of nitrogens with two attached hydrogens (primary N) is 1. The van der Waals surface area contributed by atoms with Crippen LogP contribution in [0.5, 0.6) is 11.5 Å². The lowest BCUT2D eigenvalue weighted by atomic mass is 10.1. The van der Waals surface area contributed by atoms with Crippen LogP contribution in [0.25, 0.3) is 5.69 Å². The molecule has 2 amide bonds. The van der Waals surface area contributed by atoms with E-state index in [0.717, 1.165) is 11.3 Å². The molecule has 3 aromatic rings. The van der Waals surface area contributed by atoms with Crippen LogP contribution in [0.2, 0.25) is 0 Å². The number of hydrogen-bond donors (Lipinski definition) is 2. The Morgan fingerprint density at radius 2 is 1.93 bits per heavy atom. The maximum absolute atomic E-state index is 12.6. The maximum Gasteiger partial charge on any atom is 0.255 e. The van der Waals surface area contributed by atoms with Gasteiger partial charge in [-0.2, -0.15) is 5.10 Å². The first-order valence-corrected chi connectivity index (χ1v) is 8.83. The summed E-state index contributed by atoms with van der Waals surface area (Å²) < 4.78 is 12.2. The number of methoxy groups -OCH3 is 1. The monoisotopic (exact) mass is 395 g/mol. The van der Waals surface area contributed by atoms with Crippen molar-refractivity contribution in [1.82, 2.24) is 20.1 Å². The number of hydrogen-bond acceptors (Lipinski definition) is 6. The summed E-state index contributed by atoms with van der Waals surface area (Å²) in [6.45, 7) is 1.62. The molecule has 0 bridgehead atoms. The van der Waals surface area contributed by atoms with Gasteiger partial charge in [-0.25, -0.2) is 9.67 Å². The first-order chi connectivity index (χ1) is 14.0. The summed E-state index contributed by atoms with van der Waals surface area (Å²) >= 11 is 0. The normalized spacial score (nSPS) is 11.5. The van der Waals surface area contributed by atoms with Gasteiger partial charge in [0.15, 0.2) is 18.1 Å². The summed E-state index contributed by atoms with van der Waals surface area (Å²) in [7, 11) is 1.45. The number of primary amides is 1. The molecule has 150 valence electrons. The van der Waals surface area contributed by atoms with Crippen molar-refractivity contribution >= 4 is 11.8 Å². The number of amides is 2. The lowest BCUT2D eigenvalue weighted by Gasteiger charge is -2.16. The van der Waals surface area contributed by atoms with E-state index in [0.29, 0.717) is 17.1 Å². The number of rotatable bonds is 8. The third-order valence-corrected chi connectivity index (χ3v) is 4.22. The van der Waals surface area contributed by atoms with Gasteiger partial charge in [0, 0.05) is 5.56 Å². The molecular weight excluding hydrogens is 374 g/mol. The molecule has 0 aliphatic carbocycles. The Labute approximate surface area is 167 Å². The highest BCUT2D eigenvalue weighted by Crippen LogP contribution is 2.28. The fourth-order valence-corrected chi connectivity index (χ4v) is 2.70. The molecule has 2 aromatic carbocycles. The molecular formula is C20H21N5O4. The third-order valence-electron chi connectivity index (χ3n) is 4.22. The average Bonchev–Trinajstić information content (AvgIpc) is 3.27. The summed E-state index contributed by atoms with van der Waals surface area (Å²) in [5.74, 6) is -0.196. The van der Waals surface area contributed by atoms with Crippen molar-refractivity contribution in [3.63, 3.8) is 0 Å². The van der Waals surface area contributed by atoms with Gasteiger partial charge in [0.1, 0.15) is 12.7 Å². The Balaban J connectivity index is 1.68. The topological polar surface area (TPSA) is 121 Å². The van der Waals surface area contributed by atoms with E-state index < -0.39 is 5.91 Å². The van der Waals surface area contributed by atoms with Crippen molar-refractivity contribution in [1.29, 1.82) is 0 Å². The molecule has 0 aliphatic rings. The molecule has 0 saturated carbocycles. The highest BCUT2D eigenvalue weighted by Gasteiger charge is 2.15. The number of nitrogens with one attached hydrogen (secondary N) is 1. The van der Waals surface area contributed by atoms with Gasteiger partial charge in [-0.1, -0.05) is 12.1 Å². The molecule has 0 spiro atoms. The summed E-state index contributed by atoms with van der Waals surface area (Å²) in [6.07, 6.45) is 3.08. The molecule has 0 fully saturated rings. The van der Waals surface area contributed by atoms with E-state index in [9.17, 15) is 9.59 Å². The van der Waals surface area contributed by atoms with Crippen LogP contribution in [-0.4, -0.2) is 40.3 Å². The maximum atomic E-state index is 12.6. The van der Waals surface area contributed by atoms with Crippen molar-refractivity contribution in [3.05, 3.63) is 66.2 Å². The molecule has 1 unspecified atom stereocenters. The van der Waals surface area contributed by atoms with Gasteiger partial charge < -0.3 is 20.5 Å². The molecule has 0 saturated heterocycles. The number of nitrogens with zero attached hydrogens (tertiary/aromatic N) is 3. The minimum atomic E-state index is -0.600. The Hall–Kier alpha value is -3.88. The van der Waals surface area contributed by atoms with Gasteiger partial charge >= 0.3 is 0 Å². The largest absolute Gasteiger partial charge is 0.493 e. The van der Waals surface area contributed by atoms with Crippen molar-refractivity contribution in [2.75, 3.05) is 13.7 Å². The number of carbonyl (C=O) groups is 2. The van der Waals surface area contributed by atoms with Crippen LogP contribution in [-0.2, 0) is 4.79 Å². The van der Waals surface area contributed by atoms with Gasteiger partial charge in [-0.3, -0.25) is 9.59 Å². The lowest BCUT2D eigenvalue weighted by molar-refractivity contribution is -0.119. The second kappa shape index (κ2) is 8.87. The Bertz CT molecular complexity index is 987. The quantitative estimate of drug-likeness (QED) is 0.598. The molecule has 0 aliphatic heterocycles. The fourth-order valence-electron chi connectivity index (χ4n) is 2.70. The SMILES string of the molecule is COc1cc(C(=O)NC(C)c2ccc(-n3cncn3)cc2)ccc1OCC(N)=O. The van der Waals surface area contributed by atoms with Crippen LogP contribution in [0.4, 0.5) is 0 Å². The number of ether oxygens (including phenoxy) is 2. The summed E-state index contributed by atoms with van der Waals surface area (Å²) in [4.78, 5) is 27.4. The second-order valence-corrected chi connectivity index (χ2v) is 6.25. The third kappa shape index (κ3) is 4.89. The predicted octanol–water partition coefficient (Wildman–Crippen LogP) is 1.63. The Kier molecular flexibility index (Phi) is 6.08. The van der Waals surface area contributed by atoms with E-state index in [1.807, 2.05) is 31.2 Å². The zero-order valence-electron chi connectivity index (χ0n) is 16.0. The van der Waals surface area contributed by atoms with Crippen molar-refractivity contribution in [3.8, 4) is 17.2 Å². The van der Waals surface area contributed by atoms with Gasteiger partial charge in [-0.05, 0) is 42.8 Å². The minimum absolute atomic E-state index is 0.218. The van der Waals surface area contributed by atoms with Crippen LogP contribution in [0.3, 0.4) is 0 Å². The molecule has 1 atom stereocenters. The van der Waals surface area contributed by atoms with E-state index in [4.69, 9.17) is 15.2 Å². The van der Waals surface area contributed by atoms with Gasteiger partial charge in [-0.15, -0.1) is 0 Å². The van der Waals surface area contributed by atoms with Crippen LogP contribution >= 0.6 is 0 Å². The van der Waals surface area contributed by atoms with Crippen LogP contribution in [0.15, 0.2) is 55.1 Å². The molecule has 29 heavy (non-hydrogen) atoms. The van der Waals surface area contributed by atoms with Gasteiger partial charge in [0.25, 0.3) is 11.8 Å². The fraction of sp³-hybridized carbons (Fsp3) is 0.200. The van der Waals surface area contributed by atoms with Crippen LogP contribution in [0, 0.1) is 0 Å². The second-order valence-electron chi connectivity index (χ2n) is 6.25. The predicted molar refractivity (Wildman–Crippen MR) is 105 cm³/mol. The van der Waals surface area contributed by atoms with Crippen molar-refractivity contribution in [2.24, 2.45) is 5.73 Å². The minimum Gasteiger partial charge on any atom is -0.493 e. The van der Waals surface area contributed by atoms with E-state index in [1.165, 1.54) is 13.4 Å². The number of carbonyl (C=O) groups excluding carboxylic acids is 2. The van der Waals surface area contributed by atoms with Crippen molar-refractivity contribution < 1.29 is 19.1 Å². The zero-order chi connectivity index (χ0) is 20.8. The molecule has 3 rings (SSSR count). The highest BCUT2D eigenvalue weighted by molar-refractivity contribution is 5.95. The summed E-state index contributed by atoms with van der Waals surface area (Å²) in [5, 5.41) is 7.03. The first-order valence-electron chi connectivity index (χ1n) is 8.83. The van der Waals surface area contributed by atoms with Gasteiger partial charge in [0.2, 0.25) is 0 Å². The summed E-state index contributed by atoms with van der Waals surface area (Å²) in [5.41, 5.74) is 7.30. The molecule has 0 radical (unpaired) electrons. The summed E-state index contributed by atoms with van der Waals surface area (Å²) in [6, 6.07) is 12.1. The average molecular weight is 395 g/mol. The Morgan fingerprint density at radius 1 is 1.17 bits per heavy atom. The van der Waals surface area contributed by atoms with Crippen molar-refractivity contribution in [2.45, 2.75) is 13.0 Å². The van der Waals surface area contributed by atoms with E-state index in [2.05, 4.69) is 15.4 Å². The smallest absolute Gasteiger partial charge is 0.255 e. The van der Waals surface area contributed by atoms with E-state index in [-0.39, 0.29) is 18.6 Å². The van der Waals surface area contributed by atoms with Crippen LogP contribution in [0.1, 0.15) is 28.9 Å². The van der Waals surface area contributed by atoms with E-state index in [1.54, 1.807) is 29.2 Å². The Morgan fingerprint density at radius 3 is 2.55 bits per heavy atom. The van der Waals surface area contributed by atoms with Gasteiger partial charge in [0.05, 0.1) is 18.8 Å². The number of benzene rings is 2. The molecule has 9 heteroatoms. The lowest BCUT2D eigenvalue weighted by Crippen LogP contribution is -2.26. The first kappa shape index (κ1) is 19.9. The molecule has 1 aromatic heterocycles.